The van der Waals surface area contributed by atoms with Gasteiger partial charge in [0, 0.05) is 15.6 Å². The van der Waals surface area contributed by atoms with Crippen molar-refractivity contribution in [3.63, 3.8) is 0 Å². The van der Waals surface area contributed by atoms with Gasteiger partial charge < -0.3 is 11.5 Å². The molecule has 0 aliphatic rings. The molecule has 126 valence electrons. The zero-order valence-electron chi connectivity index (χ0n) is 12.9. The van der Waals surface area contributed by atoms with Crippen LogP contribution in [0.15, 0.2) is 64.8 Å². The first-order chi connectivity index (χ1) is 11.0. The molecule has 4 N–H and O–H groups in total. The lowest BCUT2D eigenvalue weighted by Crippen LogP contribution is -2.22. The molecule has 24 heavy (non-hydrogen) atoms. The molecule has 0 amide bonds. The highest BCUT2D eigenvalue weighted by Gasteiger charge is 2.04. The van der Waals surface area contributed by atoms with Gasteiger partial charge in [0.05, 0.1) is 5.71 Å². The van der Waals surface area contributed by atoms with Crippen molar-refractivity contribution in [3.8, 4) is 0 Å². The van der Waals surface area contributed by atoms with Crippen LogP contribution in [0.2, 0.25) is 10.0 Å². The minimum Gasteiger partial charge on any atom is -0.369 e. The topological polar surface area (TPSA) is 76.8 Å². The molecule has 0 aliphatic heterocycles. The maximum absolute atomic E-state index is 5.92. The van der Waals surface area contributed by atoms with Gasteiger partial charge in [0.1, 0.15) is 0 Å². The summed E-state index contributed by atoms with van der Waals surface area (Å²) < 4.78 is 0. The van der Waals surface area contributed by atoms with Gasteiger partial charge in [-0.1, -0.05) is 47.5 Å². The van der Waals surface area contributed by atoms with Crippen LogP contribution >= 0.6 is 35.6 Å². The summed E-state index contributed by atoms with van der Waals surface area (Å²) in [5, 5.41) is 9.20. The van der Waals surface area contributed by atoms with Gasteiger partial charge in [-0.15, -0.1) is 22.6 Å². The summed E-state index contributed by atoms with van der Waals surface area (Å²) >= 11 is 11.8. The first-order valence-corrected chi connectivity index (χ1v) is 7.58. The molecular formula is C17H17Cl3N4. The number of allylic oxidation sites excluding steroid dienone is 2. The molecule has 0 fully saturated rings. The molecule has 0 bridgehead atoms. The molecule has 0 aliphatic carbocycles. The highest BCUT2D eigenvalue weighted by atomic mass is 35.5. The Kier molecular flexibility index (Phi) is 7.79. The Bertz CT molecular complexity index is 759. The Morgan fingerprint density at radius 2 is 1.29 bits per heavy atom. The molecule has 4 nitrogen and oxygen atoms in total. The number of hydrogen-bond acceptors (Lipinski definition) is 2. The summed E-state index contributed by atoms with van der Waals surface area (Å²) in [6.45, 7) is 1.98. The maximum atomic E-state index is 5.92. The molecule has 2 rings (SSSR count). The Morgan fingerprint density at radius 3 is 1.75 bits per heavy atom. The van der Waals surface area contributed by atoms with Crippen LogP contribution in [0.4, 0.5) is 0 Å². The Balaban J connectivity index is 0.00000288. The summed E-state index contributed by atoms with van der Waals surface area (Å²) in [5.41, 5.74) is 14.2. The maximum Gasteiger partial charge on any atom is 0.211 e. The number of nitrogens with two attached hydrogens (primary N) is 2. The summed E-state index contributed by atoms with van der Waals surface area (Å²) in [6.07, 6.45) is 1.90. The van der Waals surface area contributed by atoms with Crippen LogP contribution in [-0.4, -0.2) is 11.7 Å². The van der Waals surface area contributed by atoms with E-state index in [0.29, 0.717) is 15.8 Å². The minimum absolute atomic E-state index is 0. The Labute approximate surface area is 157 Å². The van der Waals surface area contributed by atoms with Crippen LogP contribution in [0.3, 0.4) is 0 Å². The van der Waals surface area contributed by atoms with Crippen molar-refractivity contribution in [2.45, 2.75) is 6.92 Å². The van der Waals surface area contributed by atoms with Gasteiger partial charge in [-0.25, -0.2) is 0 Å². The number of benzene rings is 2. The molecule has 2 aromatic carbocycles. The van der Waals surface area contributed by atoms with E-state index in [0.717, 1.165) is 16.7 Å². The standard InChI is InChI=1S/C17H16Cl2N4.ClH/c1-11(12-2-6-14(18)7-3-12)10-16(22-23-17(20)21)13-4-8-15(19)9-5-13;/h2-10H,1H3,(H4,20,21,23);1H/b11-10+,22-16-;. The fourth-order valence-electron chi connectivity index (χ4n) is 1.90. The van der Waals surface area contributed by atoms with E-state index in [2.05, 4.69) is 10.2 Å². The van der Waals surface area contributed by atoms with Gasteiger partial charge in [-0.2, -0.15) is 0 Å². The van der Waals surface area contributed by atoms with Gasteiger partial charge in [-0.05, 0) is 48.4 Å². The summed E-state index contributed by atoms with van der Waals surface area (Å²) in [4.78, 5) is 0. The van der Waals surface area contributed by atoms with Gasteiger partial charge in [0.25, 0.3) is 0 Å². The van der Waals surface area contributed by atoms with E-state index in [4.69, 9.17) is 34.7 Å². The first kappa shape index (κ1) is 20.0. The van der Waals surface area contributed by atoms with E-state index < -0.39 is 0 Å². The minimum atomic E-state index is -0.103. The first-order valence-electron chi connectivity index (χ1n) is 6.82. The normalized spacial score (nSPS) is 11.6. The third-order valence-corrected chi connectivity index (χ3v) is 3.57. The number of guanidine groups is 1. The molecule has 0 aromatic heterocycles. The van der Waals surface area contributed by atoms with Gasteiger partial charge >= 0.3 is 0 Å². The third-order valence-electron chi connectivity index (χ3n) is 3.07. The molecule has 2 aromatic rings. The molecule has 0 unspecified atom stereocenters. The van der Waals surface area contributed by atoms with Gasteiger partial charge in [-0.3, -0.25) is 0 Å². The monoisotopic (exact) mass is 382 g/mol. The molecule has 0 radical (unpaired) electrons. The van der Waals surface area contributed by atoms with Crippen LogP contribution in [0.5, 0.6) is 0 Å². The highest BCUT2D eigenvalue weighted by Crippen LogP contribution is 2.19. The molecule has 0 heterocycles. The van der Waals surface area contributed by atoms with Crippen LogP contribution < -0.4 is 11.5 Å². The zero-order chi connectivity index (χ0) is 16.8. The number of rotatable bonds is 4. The van der Waals surface area contributed by atoms with Gasteiger partial charge in [0.15, 0.2) is 0 Å². The smallest absolute Gasteiger partial charge is 0.211 e. The highest BCUT2D eigenvalue weighted by molar-refractivity contribution is 6.31. The lowest BCUT2D eigenvalue weighted by Gasteiger charge is -2.05. The van der Waals surface area contributed by atoms with Crippen molar-refractivity contribution < 1.29 is 0 Å². The molecular weight excluding hydrogens is 367 g/mol. The summed E-state index contributed by atoms with van der Waals surface area (Å²) in [5.74, 6) is -0.103. The molecule has 7 heteroatoms. The van der Waals surface area contributed by atoms with Crippen molar-refractivity contribution in [3.05, 3.63) is 75.8 Å². The third kappa shape index (κ3) is 5.89. The van der Waals surface area contributed by atoms with E-state index in [1.54, 1.807) is 12.1 Å². The number of nitrogens with zero attached hydrogens (tertiary/aromatic N) is 2. The molecule has 0 saturated carbocycles. The lowest BCUT2D eigenvalue weighted by molar-refractivity contribution is 1.20. The van der Waals surface area contributed by atoms with Crippen molar-refractivity contribution >= 4 is 52.9 Å². The van der Waals surface area contributed by atoms with Crippen molar-refractivity contribution in [2.75, 3.05) is 0 Å². The van der Waals surface area contributed by atoms with Crippen LogP contribution in [0.1, 0.15) is 18.1 Å². The van der Waals surface area contributed by atoms with Crippen LogP contribution in [0, 0.1) is 0 Å². The second-order valence-corrected chi connectivity index (χ2v) is 5.72. The Morgan fingerprint density at radius 1 is 0.833 bits per heavy atom. The van der Waals surface area contributed by atoms with Crippen LogP contribution in [-0.2, 0) is 0 Å². The molecule has 0 spiro atoms. The van der Waals surface area contributed by atoms with Gasteiger partial charge in [0.2, 0.25) is 5.96 Å². The van der Waals surface area contributed by atoms with Crippen LogP contribution in [0.25, 0.3) is 5.57 Å². The quantitative estimate of drug-likeness (QED) is 0.463. The van der Waals surface area contributed by atoms with E-state index in [1.807, 2.05) is 49.4 Å². The van der Waals surface area contributed by atoms with E-state index in [1.165, 1.54) is 0 Å². The average Bonchev–Trinajstić information content (AvgIpc) is 2.52. The fourth-order valence-corrected chi connectivity index (χ4v) is 2.16. The van der Waals surface area contributed by atoms with E-state index >= 15 is 0 Å². The van der Waals surface area contributed by atoms with E-state index in [9.17, 15) is 0 Å². The second kappa shape index (κ2) is 9.33. The average molecular weight is 384 g/mol. The number of halogens is 3. The largest absolute Gasteiger partial charge is 0.369 e. The SMILES string of the molecule is C/C(=C\C(=N\N=C(N)N)c1ccc(Cl)cc1)c1ccc(Cl)cc1.Cl. The van der Waals surface area contributed by atoms with E-state index in [-0.39, 0.29) is 18.4 Å². The fraction of sp³-hybridized carbons (Fsp3) is 0.0588. The summed E-state index contributed by atoms with van der Waals surface area (Å²) in [7, 11) is 0. The van der Waals surface area contributed by atoms with Crippen molar-refractivity contribution in [1.82, 2.24) is 0 Å². The second-order valence-electron chi connectivity index (χ2n) is 4.85. The van der Waals surface area contributed by atoms with Crippen molar-refractivity contribution in [1.29, 1.82) is 0 Å². The van der Waals surface area contributed by atoms with Crippen molar-refractivity contribution in [2.24, 2.45) is 21.7 Å². The zero-order valence-corrected chi connectivity index (χ0v) is 15.2. The summed E-state index contributed by atoms with van der Waals surface area (Å²) in [6, 6.07) is 14.8. The predicted octanol–water partition coefficient (Wildman–Crippen LogP) is 4.50. The predicted molar refractivity (Wildman–Crippen MR) is 106 cm³/mol. The Hall–Kier alpha value is -2.01. The molecule has 0 saturated heterocycles. The number of hydrogen-bond donors (Lipinski definition) is 2. The lowest BCUT2D eigenvalue weighted by atomic mass is 10.0. The molecule has 0 atom stereocenters.